The number of hydrogen-bond acceptors (Lipinski definition) is 3. The number of aliphatic hydroxyl groups is 1. The summed E-state index contributed by atoms with van der Waals surface area (Å²) in [6, 6.07) is 0.713. The van der Waals surface area contributed by atoms with Crippen molar-refractivity contribution >= 4 is 0 Å². The minimum Gasteiger partial charge on any atom is -0.392 e. The predicted octanol–water partition coefficient (Wildman–Crippen LogP) is -0.585. The molecule has 11 heavy (non-hydrogen) atoms. The Hall–Kier alpha value is -0.120. The first-order valence-corrected chi connectivity index (χ1v) is 4.49. The number of rotatable bonds is 1. The molecule has 3 heteroatoms. The molecule has 0 spiro atoms. The quantitative estimate of drug-likeness (QED) is 0.533. The average Bonchev–Trinajstić information content (AvgIpc) is 1.83. The number of aliphatic hydroxyl groups excluding tert-OH is 1. The standard InChI is InChI=1S/C8H16N2O/c11-8-2-1-3-10(6-8)7-4-9-5-7/h7-9,11H,1-6H2/t8-/m0/s1. The lowest BCUT2D eigenvalue weighted by Gasteiger charge is -2.41. The Morgan fingerprint density at radius 2 is 2.18 bits per heavy atom. The van der Waals surface area contributed by atoms with Crippen LogP contribution in [0.15, 0.2) is 0 Å². The Morgan fingerprint density at radius 1 is 1.36 bits per heavy atom. The van der Waals surface area contributed by atoms with Gasteiger partial charge in [-0.15, -0.1) is 0 Å². The van der Waals surface area contributed by atoms with Crippen molar-refractivity contribution in [3.05, 3.63) is 0 Å². The lowest BCUT2D eigenvalue weighted by Crippen LogP contribution is -2.59. The molecule has 2 aliphatic rings. The van der Waals surface area contributed by atoms with E-state index in [9.17, 15) is 5.11 Å². The zero-order valence-corrected chi connectivity index (χ0v) is 6.79. The molecule has 0 bridgehead atoms. The Labute approximate surface area is 67.4 Å². The summed E-state index contributed by atoms with van der Waals surface area (Å²) in [6.45, 7) is 4.31. The highest BCUT2D eigenvalue weighted by molar-refractivity contribution is 4.87. The van der Waals surface area contributed by atoms with Crippen LogP contribution in [0, 0.1) is 0 Å². The van der Waals surface area contributed by atoms with Crippen molar-refractivity contribution in [3.63, 3.8) is 0 Å². The summed E-state index contributed by atoms with van der Waals surface area (Å²) in [7, 11) is 0. The highest BCUT2D eigenvalue weighted by Crippen LogP contribution is 2.14. The van der Waals surface area contributed by atoms with Gasteiger partial charge < -0.3 is 10.4 Å². The zero-order chi connectivity index (χ0) is 7.68. The molecule has 0 saturated carbocycles. The Balaban J connectivity index is 1.82. The van der Waals surface area contributed by atoms with E-state index in [2.05, 4.69) is 10.2 Å². The molecular weight excluding hydrogens is 140 g/mol. The van der Waals surface area contributed by atoms with Gasteiger partial charge in [0, 0.05) is 25.7 Å². The lowest BCUT2D eigenvalue weighted by molar-refractivity contribution is 0.0319. The molecule has 0 radical (unpaired) electrons. The first-order valence-electron chi connectivity index (χ1n) is 4.49. The second-order valence-corrected chi connectivity index (χ2v) is 3.60. The molecule has 3 nitrogen and oxygen atoms in total. The number of nitrogens with zero attached hydrogens (tertiary/aromatic N) is 1. The van der Waals surface area contributed by atoms with E-state index in [1.165, 1.54) is 6.54 Å². The van der Waals surface area contributed by atoms with Gasteiger partial charge in [0.05, 0.1) is 6.10 Å². The van der Waals surface area contributed by atoms with Crippen molar-refractivity contribution in [1.29, 1.82) is 0 Å². The first-order chi connectivity index (χ1) is 5.36. The molecule has 2 heterocycles. The molecule has 2 fully saturated rings. The molecule has 0 aromatic carbocycles. The third kappa shape index (κ3) is 1.55. The fourth-order valence-electron chi connectivity index (χ4n) is 1.85. The molecule has 2 N–H and O–H groups in total. The fraction of sp³-hybridized carbons (Fsp3) is 1.00. The largest absolute Gasteiger partial charge is 0.392 e. The summed E-state index contributed by atoms with van der Waals surface area (Å²) in [5.41, 5.74) is 0. The second kappa shape index (κ2) is 3.09. The van der Waals surface area contributed by atoms with Crippen molar-refractivity contribution in [2.75, 3.05) is 26.2 Å². The van der Waals surface area contributed by atoms with Crippen LogP contribution in [0.4, 0.5) is 0 Å². The Morgan fingerprint density at radius 3 is 2.73 bits per heavy atom. The van der Waals surface area contributed by atoms with Gasteiger partial charge in [-0.2, -0.15) is 0 Å². The molecule has 0 amide bonds. The number of likely N-dealkylation sites (tertiary alicyclic amines) is 1. The molecule has 0 aromatic rings. The van der Waals surface area contributed by atoms with Crippen LogP contribution in [0.25, 0.3) is 0 Å². The van der Waals surface area contributed by atoms with E-state index in [1.807, 2.05) is 0 Å². The fourth-order valence-corrected chi connectivity index (χ4v) is 1.85. The summed E-state index contributed by atoms with van der Waals surface area (Å²) >= 11 is 0. The summed E-state index contributed by atoms with van der Waals surface area (Å²) < 4.78 is 0. The smallest absolute Gasteiger partial charge is 0.0667 e. The van der Waals surface area contributed by atoms with Crippen LogP contribution in [0.5, 0.6) is 0 Å². The first kappa shape index (κ1) is 7.53. The van der Waals surface area contributed by atoms with Crippen LogP contribution in [-0.4, -0.2) is 48.3 Å². The van der Waals surface area contributed by atoms with Crippen LogP contribution in [-0.2, 0) is 0 Å². The van der Waals surface area contributed by atoms with E-state index < -0.39 is 0 Å². The topological polar surface area (TPSA) is 35.5 Å². The molecule has 64 valence electrons. The maximum atomic E-state index is 9.39. The van der Waals surface area contributed by atoms with E-state index in [0.717, 1.165) is 32.5 Å². The van der Waals surface area contributed by atoms with E-state index >= 15 is 0 Å². The molecule has 2 aliphatic heterocycles. The van der Waals surface area contributed by atoms with Gasteiger partial charge in [-0.25, -0.2) is 0 Å². The minimum atomic E-state index is -0.0654. The van der Waals surface area contributed by atoms with Crippen molar-refractivity contribution < 1.29 is 5.11 Å². The third-order valence-electron chi connectivity index (χ3n) is 2.70. The zero-order valence-electron chi connectivity index (χ0n) is 6.79. The Bertz CT molecular complexity index is 136. The molecule has 0 aromatic heterocycles. The molecule has 2 rings (SSSR count). The van der Waals surface area contributed by atoms with Crippen molar-refractivity contribution in [2.24, 2.45) is 0 Å². The summed E-state index contributed by atoms with van der Waals surface area (Å²) in [6.07, 6.45) is 2.10. The van der Waals surface area contributed by atoms with Crippen molar-refractivity contribution in [1.82, 2.24) is 10.2 Å². The van der Waals surface area contributed by atoms with Gasteiger partial charge in [-0.1, -0.05) is 0 Å². The van der Waals surface area contributed by atoms with Gasteiger partial charge >= 0.3 is 0 Å². The van der Waals surface area contributed by atoms with Crippen LogP contribution < -0.4 is 5.32 Å². The van der Waals surface area contributed by atoms with Crippen LogP contribution in [0.2, 0.25) is 0 Å². The summed E-state index contributed by atoms with van der Waals surface area (Å²) in [4.78, 5) is 2.41. The SMILES string of the molecule is O[C@H]1CCCN(C2CNC2)C1. The van der Waals surface area contributed by atoms with Crippen LogP contribution in [0.1, 0.15) is 12.8 Å². The molecular formula is C8H16N2O. The number of nitrogens with one attached hydrogen (secondary N) is 1. The van der Waals surface area contributed by atoms with E-state index in [1.54, 1.807) is 0 Å². The van der Waals surface area contributed by atoms with Gasteiger partial charge in [-0.05, 0) is 19.4 Å². The lowest BCUT2D eigenvalue weighted by atomic mass is 10.0. The van der Waals surface area contributed by atoms with Crippen LogP contribution >= 0.6 is 0 Å². The van der Waals surface area contributed by atoms with Gasteiger partial charge in [0.25, 0.3) is 0 Å². The maximum absolute atomic E-state index is 9.39. The molecule has 0 aliphatic carbocycles. The number of piperidine rings is 1. The molecule has 1 atom stereocenters. The monoisotopic (exact) mass is 156 g/mol. The van der Waals surface area contributed by atoms with Gasteiger partial charge in [0.15, 0.2) is 0 Å². The summed E-state index contributed by atoms with van der Waals surface area (Å²) in [5, 5.41) is 12.6. The Kier molecular flexibility index (Phi) is 2.11. The second-order valence-electron chi connectivity index (χ2n) is 3.60. The normalized spacial score (nSPS) is 35.2. The predicted molar refractivity (Wildman–Crippen MR) is 43.5 cm³/mol. The van der Waals surface area contributed by atoms with Gasteiger partial charge in [0.2, 0.25) is 0 Å². The van der Waals surface area contributed by atoms with E-state index in [-0.39, 0.29) is 6.10 Å². The number of β-amino-alcohol motifs (C(OH)–C–C–N with tert-alkyl or cyclic N) is 1. The van der Waals surface area contributed by atoms with Gasteiger partial charge in [0.1, 0.15) is 0 Å². The molecule has 0 unspecified atom stereocenters. The van der Waals surface area contributed by atoms with Crippen molar-refractivity contribution in [2.45, 2.75) is 25.0 Å². The highest BCUT2D eigenvalue weighted by Gasteiger charge is 2.28. The molecule has 2 saturated heterocycles. The third-order valence-corrected chi connectivity index (χ3v) is 2.70. The number of hydrogen-bond donors (Lipinski definition) is 2. The van der Waals surface area contributed by atoms with Crippen LogP contribution in [0.3, 0.4) is 0 Å². The van der Waals surface area contributed by atoms with E-state index in [0.29, 0.717) is 6.04 Å². The van der Waals surface area contributed by atoms with Crippen molar-refractivity contribution in [3.8, 4) is 0 Å². The van der Waals surface area contributed by atoms with Gasteiger partial charge in [-0.3, -0.25) is 4.90 Å². The van der Waals surface area contributed by atoms with E-state index in [4.69, 9.17) is 0 Å². The minimum absolute atomic E-state index is 0.0654. The summed E-state index contributed by atoms with van der Waals surface area (Å²) in [5.74, 6) is 0. The maximum Gasteiger partial charge on any atom is 0.0667 e. The average molecular weight is 156 g/mol. The highest BCUT2D eigenvalue weighted by atomic mass is 16.3.